The quantitative estimate of drug-likeness (QED) is 0.658. The molecular weight excluding hydrogens is 295 g/mol. The van der Waals surface area contributed by atoms with Crippen LogP contribution in [-0.2, 0) is 0 Å². The highest BCUT2D eigenvalue weighted by Gasteiger charge is 2.11. The van der Waals surface area contributed by atoms with Crippen LogP contribution in [0.3, 0.4) is 0 Å². The fraction of sp³-hybridized carbons (Fsp3) is 0.0714. The zero-order valence-corrected chi connectivity index (χ0v) is 11.3. The van der Waals surface area contributed by atoms with Crippen LogP contribution in [0.15, 0.2) is 47.1 Å². The number of aryl methyl sites for hydroxylation is 1. The van der Waals surface area contributed by atoms with E-state index in [9.17, 15) is 4.39 Å². The molecule has 0 unspecified atom stereocenters. The zero-order valence-electron chi connectivity index (χ0n) is 9.69. The van der Waals surface area contributed by atoms with E-state index >= 15 is 0 Å². The Labute approximate surface area is 112 Å². The van der Waals surface area contributed by atoms with Crippen molar-refractivity contribution in [2.24, 2.45) is 0 Å². The monoisotopic (exact) mass is 304 g/mol. The molecule has 2 aromatic heterocycles. The first kappa shape index (κ1) is 11.4. The summed E-state index contributed by atoms with van der Waals surface area (Å²) >= 11 is 3.44. The van der Waals surface area contributed by atoms with E-state index in [0.29, 0.717) is 0 Å². The molecule has 3 rings (SSSR count). The first-order valence-corrected chi connectivity index (χ1v) is 6.34. The second-order valence-corrected chi connectivity index (χ2v) is 5.05. The molecule has 0 saturated carbocycles. The third-order valence-corrected chi connectivity index (χ3v) is 3.32. The molecule has 2 nitrogen and oxygen atoms in total. The minimum atomic E-state index is -0.239. The van der Waals surface area contributed by atoms with Crippen molar-refractivity contribution in [1.29, 1.82) is 0 Å². The van der Waals surface area contributed by atoms with Gasteiger partial charge in [-0.1, -0.05) is 12.1 Å². The summed E-state index contributed by atoms with van der Waals surface area (Å²) in [6.07, 6.45) is 1.94. The van der Waals surface area contributed by atoms with Gasteiger partial charge in [0.25, 0.3) is 0 Å². The van der Waals surface area contributed by atoms with E-state index in [4.69, 9.17) is 0 Å². The highest BCUT2D eigenvalue weighted by molar-refractivity contribution is 9.10. The molecule has 3 aromatic rings. The topological polar surface area (TPSA) is 17.3 Å². The highest BCUT2D eigenvalue weighted by Crippen LogP contribution is 2.26. The van der Waals surface area contributed by atoms with Crippen molar-refractivity contribution >= 4 is 21.6 Å². The van der Waals surface area contributed by atoms with Crippen LogP contribution in [0.5, 0.6) is 0 Å². The number of halogens is 2. The van der Waals surface area contributed by atoms with Crippen LogP contribution in [0.25, 0.3) is 16.9 Å². The molecule has 0 spiro atoms. The maximum absolute atomic E-state index is 13.3. The summed E-state index contributed by atoms with van der Waals surface area (Å²) in [6.45, 7) is 1.93. The van der Waals surface area contributed by atoms with Gasteiger partial charge in [0, 0.05) is 16.2 Å². The lowest BCUT2D eigenvalue weighted by Crippen LogP contribution is -1.90. The number of aromatic nitrogens is 2. The van der Waals surface area contributed by atoms with Crippen molar-refractivity contribution in [1.82, 2.24) is 9.38 Å². The van der Waals surface area contributed by atoms with Crippen molar-refractivity contribution in [3.05, 3.63) is 58.6 Å². The Hall–Kier alpha value is -1.68. The zero-order chi connectivity index (χ0) is 12.7. The molecule has 0 aliphatic carbocycles. The molecule has 0 aliphatic heterocycles. The van der Waals surface area contributed by atoms with Crippen molar-refractivity contribution in [2.75, 3.05) is 0 Å². The van der Waals surface area contributed by atoms with E-state index in [1.807, 2.05) is 35.7 Å². The lowest BCUT2D eigenvalue weighted by molar-refractivity contribution is 0.628. The predicted octanol–water partition coefficient (Wildman–Crippen LogP) is 4.21. The molecule has 0 fully saturated rings. The van der Waals surface area contributed by atoms with E-state index < -0.39 is 0 Å². The van der Waals surface area contributed by atoms with Gasteiger partial charge in [-0.15, -0.1) is 0 Å². The van der Waals surface area contributed by atoms with E-state index in [-0.39, 0.29) is 5.82 Å². The molecule has 18 heavy (non-hydrogen) atoms. The van der Waals surface area contributed by atoms with E-state index in [2.05, 4.69) is 20.9 Å². The average Bonchev–Trinajstić information content (AvgIpc) is 2.64. The fourth-order valence-corrected chi connectivity index (χ4v) is 2.46. The molecule has 90 valence electrons. The number of rotatable bonds is 1. The molecule has 0 N–H and O–H groups in total. The average molecular weight is 305 g/mol. The summed E-state index contributed by atoms with van der Waals surface area (Å²) in [5.41, 5.74) is 3.50. The smallest absolute Gasteiger partial charge is 0.137 e. The van der Waals surface area contributed by atoms with E-state index in [0.717, 1.165) is 27.1 Å². The Balaban J connectivity index is 2.34. The van der Waals surface area contributed by atoms with Crippen molar-refractivity contribution in [2.45, 2.75) is 6.92 Å². The van der Waals surface area contributed by atoms with Crippen LogP contribution in [0, 0.1) is 12.7 Å². The third kappa shape index (κ3) is 1.82. The molecule has 0 bridgehead atoms. The summed E-state index contributed by atoms with van der Waals surface area (Å²) in [7, 11) is 0. The van der Waals surface area contributed by atoms with Crippen LogP contribution in [0.4, 0.5) is 4.39 Å². The maximum atomic E-state index is 13.3. The summed E-state index contributed by atoms with van der Waals surface area (Å²) in [4.78, 5) is 4.48. The summed E-state index contributed by atoms with van der Waals surface area (Å²) < 4.78 is 16.3. The minimum Gasteiger partial charge on any atom is -0.298 e. The van der Waals surface area contributed by atoms with Gasteiger partial charge < -0.3 is 0 Å². The Morgan fingerprint density at radius 2 is 2.06 bits per heavy atom. The molecule has 4 heteroatoms. The van der Waals surface area contributed by atoms with Gasteiger partial charge in [0.1, 0.15) is 11.5 Å². The Morgan fingerprint density at radius 3 is 2.83 bits per heavy atom. The van der Waals surface area contributed by atoms with Crippen LogP contribution in [-0.4, -0.2) is 9.38 Å². The fourth-order valence-electron chi connectivity index (χ4n) is 2.12. The first-order valence-electron chi connectivity index (χ1n) is 5.55. The van der Waals surface area contributed by atoms with Gasteiger partial charge in [0.2, 0.25) is 0 Å². The van der Waals surface area contributed by atoms with E-state index in [1.165, 1.54) is 12.1 Å². The molecule has 0 radical (unpaired) electrons. The van der Waals surface area contributed by atoms with Crippen LogP contribution in [0.1, 0.15) is 5.69 Å². The maximum Gasteiger partial charge on any atom is 0.137 e. The number of pyridine rings is 1. The second kappa shape index (κ2) is 4.21. The van der Waals surface area contributed by atoms with Crippen molar-refractivity contribution < 1.29 is 4.39 Å². The minimum absolute atomic E-state index is 0.239. The number of hydrogen-bond donors (Lipinski definition) is 0. The number of hydrogen-bond acceptors (Lipinski definition) is 1. The van der Waals surface area contributed by atoms with Gasteiger partial charge in [0.15, 0.2) is 0 Å². The van der Waals surface area contributed by atoms with Gasteiger partial charge in [0.05, 0.1) is 11.4 Å². The standard InChI is InChI=1S/C14H10BrFN2/c1-9-14(10-3-2-4-12(16)7-10)18-8-11(15)5-6-13(18)17-9/h2-8H,1H3. The molecule has 2 heterocycles. The van der Waals surface area contributed by atoms with Gasteiger partial charge in [-0.2, -0.15) is 0 Å². The molecular formula is C14H10BrFN2. The van der Waals surface area contributed by atoms with Crippen LogP contribution in [0.2, 0.25) is 0 Å². The first-order chi connectivity index (χ1) is 8.65. The normalized spacial score (nSPS) is 11.1. The molecule has 0 atom stereocenters. The second-order valence-electron chi connectivity index (χ2n) is 4.13. The molecule has 0 amide bonds. The Kier molecular flexibility index (Phi) is 2.67. The molecule has 0 aliphatic rings. The van der Waals surface area contributed by atoms with Crippen LogP contribution >= 0.6 is 15.9 Å². The SMILES string of the molecule is Cc1nc2ccc(Br)cn2c1-c1cccc(F)c1. The summed E-state index contributed by atoms with van der Waals surface area (Å²) in [6, 6.07) is 10.4. The lowest BCUT2D eigenvalue weighted by atomic mass is 10.1. The number of fused-ring (bicyclic) bond motifs is 1. The van der Waals surface area contributed by atoms with Crippen molar-refractivity contribution in [3.8, 4) is 11.3 Å². The number of benzene rings is 1. The van der Waals surface area contributed by atoms with Crippen LogP contribution < -0.4 is 0 Å². The number of imidazole rings is 1. The predicted molar refractivity (Wildman–Crippen MR) is 73.0 cm³/mol. The highest BCUT2D eigenvalue weighted by atomic mass is 79.9. The Bertz CT molecular complexity index is 734. The van der Waals surface area contributed by atoms with Crippen molar-refractivity contribution in [3.63, 3.8) is 0 Å². The summed E-state index contributed by atoms with van der Waals surface area (Å²) in [5, 5.41) is 0. The molecule has 0 saturated heterocycles. The Morgan fingerprint density at radius 1 is 1.22 bits per heavy atom. The van der Waals surface area contributed by atoms with Gasteiger partial charge >= 0.3 is 0 Å². The number of nitrogens with zero attached hydrogens (tertiary/aromatic N) is 2. The third-order valence-electron chi connectivity index (χ3n) is 2.85. The summed E-state index contributed by atoms with van der Waals surface area (Å²) in [5.74, 6) is -0.239. The lowest BCUT2D eigenvalue weighted by Gasteiger charge is -2.04. The van der Waals surface area contributed by atoms with E-state index in [1.54, 1.807) is 6.07 Å². The van der Waals surface area contributed by atoms with Gasteiger partial charge in [-0.3, -0.25) is 4.40 Å². The van der Waals surface area contributed by atoms with Gasteiger partial charge in [-0.25, -0.2) is 9.37 Å². The largest absolute Gasteiger partial charge is 0.298 e. The molecule has 1 aromatic carbocycles. The van der Waals surface area contributed by atoms with Gasteiger partial charge in [-0.05, 0) is 47.1 Å².